The number of anilines is 1. The molecule has 1 heterocycles. The largest absolute Gasteiger partial charge is 0.508 e. The number of rotatable bonds is 5. The fourth-order valence-corrected chi connectivity index (χ4v) is 4.37. The minimum absolute atomic E-state index is 0.00137. The van der Waals surface area contributed by atoms with Gasteiger partial charge in [0.2, 0.25) is 0 Å². The second-order valence-corrected chi connectivity index (χ2v) is 9.20. The number of nitrogens with zero attached hydrogens (tertiary/aromatic N) is 1. The van der Waals surface area contributed by atoms with Gasteiger partial charge in [-0.25, -0.2) is 0 Å². The Hall–Kier alpha value is -4.06. The summed E-state index contributed by atoms with van der Waals surface area (Å²) in [6.07, 6.45) is -0.00876. The molecule has 3 aromatic rings. The van der Waals surface area contributed by atoms with Crippen molar-refractivity contribution >= 4 is 23.1 Å². The van der Waals surface area contributed by atoms with Crippen LogP contribution in [-0.2, 0) is 9.59 Å². The topological polar surface area (TPSA) is 87.1 Å². The molecule has 1 fully saturated rings. The first-order valence-corrected chi connectivity index (χ1v) is 11.5. The Balaban J connectivity index is 1.92. The van der Waals surface area contributed by atoms with Crippen LogP contribution in [0.5, 0.6) is 11.5 Å². The number of aryl methyl sites for hydroxylation is 3. The smallest absolute Gasteiger partial charge is 0.300 e. The maximum atomic E-state index is 13.4. The summed E-state index contributed by atoms with van der Waals surface area (Å²) in [6, 6.07) is 16.3. The maximum absolute atomic E-state index is 13.4. The molecule has 1 aliphatic rings. The molecule has 35 heavy (non-hydrogen) atoms. The maximum Gasteiger partial charge on any atom is 0.300 e. The average Bonchev–Trinajstić information content (AvgIpc) is 3.07. The first-order valence-electron chi connectivity index (χ1n) is 11.5. The van der Waals surface area contributed by atoms with Crippen molar-refractivity contribution < 1.29 is 24.5 Å². The van der Waals surface area contributed by atoms with E-state index in [1.807, 2.05) is 52.8 Å². The van der Waals surface area contributed by atoms with E-state index >= 15 is 0 Å². The SMILES string of the molecule is Cc1ccc(C)c(N2C(=O)C(=O)/C(=C(\O)c3ccc(OC(C)C)c(C)c3)C2c2ccc(O)cc2)c1. The molecule has 4 rings (SSSR count). The van der Waals surface area contributed by atoms with Crippen LogP contribution < -0.4 is 9.64 Å². The van der Waals surface area contributed by atoms with E-state index in [4.69, 9.17) is 4.74 Å². The summed E-state index contributed by atoms with van der Waals surface area (Å²) in [5.74, 6) is -0.985. The van der Waals surface area contributed by atoms with Gasteiger partial charge in [-0.2, -0.15) is 0 Å². The van der Waals surface area contributed by atoms with Gasteiger partial charge in [-0.15, -0.1) is 0 Å². The zero-order chi connectivity index (χ0) is 25.4. The van der Waals surface area contributed by atoms with Gasteiger partial charge < -0.3 is 14.9 Å². The molecule has 0 bridgehead atoms. The first kappa shape index (κ1) is 24.1. The Labute approximate surface area is 205 Å². The van der Waals surface area contributed by atoms with Crippen molar-refractivity contribution in [3.8, 4) is 11.5 Å². The van der Waals surface area contributed by atoms with Crippen LogP contribution in [0.2, 0.25) is 0 Å². The Morgan fingerprint density at radius 3 is 2.23 bits per heavy atom. The molecule has 3 aromatic carbocycles. The number of aliphatic hydroxyl groups is 1. The van der Waals surface area contributed by atoms with Crippen LogP contribution in [0.1, 0.15) is 47.7 Å². The molecule has 1 amide bonds. The molecule has 6 heteroatoms. The number of phenolic OH excluding ortho intramolecular Hbond substituents is 1. The van der Waals surface area contributed by atoms with Crippen molar-refractivity contribution in [1.29, 1.82) is 0 Å². The molecule has 2 N–H and O–H groups in total. The zero-order valence-electron chi connectivity index (χ0n) is 20.5. The molecule has 1 atom stereocenters. The molecular formula is C29H29NO5. The summed E-state index contributed by atoms with van der Waals surface area (Å²) in [6.45, 7) is 9.51. The Morgan fingerprint density at radius 1 is 0.914 bits per heavy atom. The van der Waals surface area contributed by atoms with Crippen LogP contribution in [0.15, 0.2) is 66.2 Å². The van der Waals surface area contributed by atoms with Crippen LogP contribution in [-0.4, -0.2) is 28.0 Å². The van der Waals surface area contributed by atoms with Gasteiger partial charge in [0, 0.05) is 11.3 Å². The number of benzene rings is 3. The number of carbonyl (C=O) groups excluding carboxylic acids is 2. The number of ether oxygens (including phenoxy) is 1. The summed E-state index contributed by atoms with van der Waals surface area (Å²) in [7, 11) is 0. The van der Waals surface area contributed by atoms with Crippen molar-refractivity contribution in [3.63, 3.8) is 0 Å². The molecule has 6 nitrogen and oxygen atoms in total. The molecule has 1 saturated heterocycles. The third-order valence-corrected chi connectivity index (χ3v) is 6.09. The molecule has 0 saturated carbocycles. The van der Waals surface area contributed by atoms with E-state index in [2.05, 4.69) is 0 Å². The second-order valence-electron chi connectivity index (χ2n) is 9.20. The third-order valence-electron chi connectivity index (χ3n) is 6.09. The molecule has 0 radical (unpaired) electrons. The summed E-state index contributed by atoms with van der Waals surface area (Å²) in [5.41, 5.74) is 4.18. The van der Waals surface area contributed by atoms with Crippen LogP contribution >= 0.6 is 0 Å². The molecule has 1 aliphatic heterocycles. The van der Waals surface area contributed by atoms with Crippen LogP contribution in [0, 0.1) is 20.8 Å². The van der Waals surface area contributed by atoms with E-state index < -0.39 is 17.7 Å². The van der Waals surface area contributed by atoms with Crippen molar-refractivity contribution in [2.24, 2.45) is 0 Å². The number of phenols is 1. The lowest BCUT2D eigenvalue weighted by Gasteiger charge is -2.27. The normalized spacial score (nSPS) is 17.3. The van der Waals surface area contributed by atoms with Crippen molar-refractivity contribution in [3.05, 3.63) is 94.1 Å². The number of aromatic hydroxyl groups is 1. The molecule has 0 spiro atoms. The predicted octanol–water partition coefficient (Wildman–Crippen LogP) is 5.73. The number of hydrogen-bond donors (Lipinski definition) is 2. The van der Waals surface area contributed by atoms with E-state index in [9.17, 15) is 19.8 Å². The minimum Gasteiger partial charge on any atom is -0.508 e. The lowest BCUT2D eigenvalue weighted by Crippen LogP contribution is -2.30. The predicted molar refractivity (Wildman–Crippen MR) is 136 cm³/mol. The Bertz CT molecular complexity index is 1340. The van der Waals surface area contributed by atoms with Crippen LogP contribution in [0.4, 0.5) is 5.69 Å². The minimum atomic E-state index is -0.858. The van der Waals surface area contributed by atoms with E-state index in [-0.39, 0.29) is 23.2 Å². The Kier molecular flexibility index (Phi) is 6.39. The number of hydrogen-bond acceptors (Lipinski definition) is 5. The Morgan fingerprint density at radius 2 is 1.60 bits per heavy atom. The molecule has 0 aliphatic carbocycles. The molecule has 1 unspecified atom stereocenters. The fraction of sp³-hybridized carbons (Fsp3) is 0.241. The second kappa shape index (κ2) is 9.29. The van der Waals surface area contributed by atoms with Gasteiger partial charge in [0.15, 0.2) is 0 Å². The van der Waals surface area contributed by atoms with Gasteiger partial charge >= 0.3 is 0 Å². The number of carbonyl (C=O) groups is 2. The van der Waals surface area contributed by atoms with Gasteiger partial charge in [0.25, 0.3) is 11.7 Å². The van der Waals surface area contributed by atoms with Gasteiger partial charge in [-0.1, -0.05) is 24.3 Å². The fourth-order valence-electron chi connectivity index (χ4n) is 4.37. The van der Waals surface area contributed by atoms with Gasteiger partial charge in [0.1, 0.15) is 17.3 Å². The number of aliphatic hydroxyl groups excluding tert-OH is 1. The molecule has 0 aromatic heterocycles. The quantitative estimate of drug-likeness (QED) is 0.282. The monoisotopic (exact) mass is 471 g/mol. The third kappa shape index (κ3) is 4.52. The van der Waals surface area contributed by atoms with Gasteiger partial charge in [-0.05, 0) is 93.3 Å². The summed E-state index contributed by atoms with van der Waals surface area (Å²) in [4.78, 5) is 28.2. The highest BCUT2D eigenvalue weighted by Crippen LogP contribution is 2.43. The summed E-state index contributed by atoms with van der Waals surface area (Å²) >= 11 is 0. The van der Waals surface area contributed by atoms with E-state index in [0.29, 0.717) is 22.6 Å². The zero-order valence-corrected chi connectivity index (χ0v) is 20.5. The highest BCUT2D eigenvalue weighted by molar-refractivity contribution is 6.51. The highest BCUT2D eigenvalue weighted by atomic mass is 16.5. The van der Waals surface area contributed by atoms with E-state index in [1.54, 1.807) is 30.3 Å². The van der Waals surface area contributed by atoms with Crippen LogP contribution in [0.25, 0.3) is 5.76 Å². The molecule has 180 valence electrons. The van der Waals surface area contributed by atoms with Gasteiger partial charge in [-0.3, -0.25) is 14.5 Å². The number of amides is 1. The first-order chi connectivity index (χ1) is 16.6. The van der Waals surface area contributed by atoms with E-state index in [1.165, 1.54) is 17.0 Å². The van der Waals surface area contributed by atoms with Crippen molar-refractivity contribution in [1.82, 2.24) is 0 Å². The number of Topliss-reactive ketones (excluding diaryl/α,β-unsaturated/α-hetero) is 1. The van der Waals surface area contributed by atoms with Crippen molar-refractivity contribution in [2.45, 2.75) is 46.8 Å². The van der Waals surface area contributed by atoms with Gasteiger partial charge in [0.05, 0.1) is 17.7 Å². The van der Waals surface area contributed by atoms with E-state index in [0.717, 1.165) is 16.7 Å². The van der Waals surface area contributed by atoms with Crippen molar-refractivity contribution in [2.75, 3.05) is 4.90 Å². The summed E-state index contributed by atoms with van der Waals surface area (Å²) in [5, 5.41) is 21.2. The lowest BCUT2D eigenvalue weighted by molar-refractivity contribution is -0.132. The average molecular weight is 472 g/mol. The standard InChI is InChI=1S/C29H29NO5/c1-16(2)35-24-13-10-21(15-19(24)5)27(32)25-26(20-8-11-22(31)12-9-20)30(29(34)28(25)33)23-14-17(3)6-7-18(23)4/h6-16,26,31-32H,1-5H3/b27-25-. The highest BCUT2D eigenvalue weighted by Gasteiger charge is 2.47. The number of ketones is 1. The lowest BCUT2D eigenvalue weighted by atomic mass is 9.94. The summed E-state index contributed by atoms with van der Waals surface area (Å²) < 4.78 is 5.79. The molecular weight excluding hydrogens is 442 g/mol. The van der Waals surface area contributed by atoms with Crippen LogP contribution in [0.3, 0.4) is 0 Å².